The zero-order valence-corrected chi connectivity index (χ0v) is 15.4. The molecule has 1 N–H and O–H groups in total. The van der Waals surface area contributed by atoms with Gasteiger partial charge in [-0.1, -0.05) is 11.6 Å². The van der Waals surface area contributed by atoms with Gasteiger partial charge in [0, 0.05) is 30.9 Å². The Morgan fingerprint density at radius 3 is 2.62 bits per heavy atom. The van der Waals surface area contributed by atoms with Crippen LogP contribution in [-0.4, -0.2) is 24.7 Å². The van der Waals surface area contributed by atoms with E-state index in [2.05, 4.69) is 10.2 Å². The van der Waals surface area contributed by atoms with Gasteiger partial charge >= 0.3 is 0 Å². The molecular weight excluding hydrogens is 359 g/mol. The molecule has 0 aliphatic heterocycles. The van der Waals surface area contributed by atoms with Crippen LogP contribution in [0.3, 0.4) is 0 Å². The van der Waals surface area contributed by atoms with Crippen molar-refractivity contribution in [3.05, 3.63) is 62.5 Å². The van der Waals surface area contributed by atoms with Crippen molar-refractivity contribution in [3.8, 4) is 16.9 Å². The second-order valence-electron chi connectivity index (χ2n) is 6.14. The van der Waals surface area contributed by atoms with Crippen LogP contribution >= 0.6 is 11.6 Å². The summed E-state index contributed by atoms with van der Waals surface area (Å²) in [5.41, 5.74) is 0.970. The Labute approximate surface area is 154 Å². The van der Waals surface area contributed by atoms with Crippen LogP contribution in [0.15, 0.2) is 29.3 Å². The quantitative estimate of drug-likeness (QED) is 0.760. The van der Waals surface area contributed by atoms with Gasteiger partial charge in [-0.05, 0) is 43.0 Å². The summed E-state index contributed by atoms with van der Waals surface area (Å²) in [5, 5.41) is 18.8. The van der Waals surface area contributed by atoms with Crippen molar-refractivity contribution >= 4 is 11.6 Å². The maximum absolute atomic E-state index is 14.7. The van der Waals surface area contributed by atoms with E-state index in [1.54, 1.807) is 17.8 Å². The van der Waals surface area contributed by atoms with E-state index in [0.717, 1.165) is 10.2 Å². The first-order chi connectivity index (χ1) is 12.3. The molecule has 0 saturated heterocycles. The van der Waals surface area contributed by atoms with Gasteiger partial charge in [0.15, 0.2) is 5.75 Å². The smallest absolute Gasteiger partial charge is 0.278 e. The molecule has 0 aliphatic carbocycles. The molecule has 0 bridgehead atoms. The van der Waals surface area contributed by atoms with Crippen LogP contribution in [0.25, 0.3) is 11.1 Å². The minimum atomic E-state index is -0.617. The van der Waals surface area contributed by atoms with E-state index in [9.17, 15) is 14.3 Å². The van der Waals surface area contributed by atoms with E-state index in [-0.39, 0.29) is 22.6 Å². The Kier molecular flexibility index (Phi) is 4.82. The first-order valence-corrected chi connectivity index (χ1v) is 8.39. The van der Waals surface area contributed by atoms with Gasteiger partial charge < -0.3 is 5.11 Å². The summed E-state index contributed by atoms with van der Waals surface area (Å²) in [6, 6.07) is 2.65. The lowest BCUT2D eigenvalue weighted by Crippen LogP contribution is -2.23. The molecule has 0 unspecified atom stereocenters. The molecular formula is C18H18ClFN4O2. The van der Waals surface area contributed by atoms with Crippen molar-refractivity contribution in [1.29, 1.82) is 0 Å². The molecule has 3 aromatic rings. The minimum absolute atomic E-state index is 0.0185. The molecule has 8 heteroatoms. The van der Waals surface area contributed by atoms with Crippen LogP contribution in [0.5, 0.6) is 5.75 Å². The first kappa shape index (κ1) is 18.1. The van der Waals surface area contributed by atoms with Crippen LogP contribution in [0.4, 0.5) is 4.39 Å². The molecule has 136 valence electrons. The molecule has 0 spiro atoms. The highest BCUT2D eigenvalue weighted by Gasteiger charge is 2.23. The van der Waals surface area contributed by atoms with E-state index in [1.165, 1.54) is 19.2 Å². The topological polar surface area (TPSA) is 72.9 Å². The molecule has 0 amide bonds. The Morgan fingerprint density at radius 1 is 1.23 bits per heavy atom. The van der Waals surface area contributed by atoms with Crippen molar-refractivity contribution in [2.24, 2.45) is 14.1 Å². The van der Waals surface area contributed by atoms with Gasteiger partial charge in [0.1, 0.15) is 11.5 Å². The fourth-order valence-electron chi connectivity index (χ4n) is 2.97. The molecule has 1 aromatic carbocycles. The number of aromatic nitrogens is 4. The fraction of sp³-hybridized carbons (Fsp3) is 0.278. The van der Waals surface area contributed by atoms with Gasteiger partial charge in [-0.3, -0.25) is 9.48 Å². The molecule has 0 aliphatic rings. The Bertz CT molecular complexity index is 1040. The highest BCUT2D eigenvalue weighted by Crippen LogP contribution is 2.36. The second kappa shape index (κ2) is 6.92. The summed E-state index contributed by atoms with van der Waals surface area (Å²) < 4.78 is 17.5. The third-order valence-electron chi connectivity index (χ3n) is 4.26. The standard InChI is InChI=1S/C18H18ClFN4O2/c1-10-17(25)16(18(26)24(3)22-10)15-12(13(19)6-7-14(15)20)5-4-11-8-21-23(2)9-11/h6-9,25H,4-5H2,1-3H3. The average molecular weight is 377 g/mol. The number of rotatable bonds is 4. The summed E-state index contributed by atoms with van der Waals surface area (Å²) in [6.45, 7) is 1.55. The number of nitrogens with zero attached hydrogens (tertiary/aromatic N) is 4. The predicted octanol–water partition coefficient (Wildman–Crippen LogP) is 2.77. The third-order valence-corrected chi connectivity index (χ3v) is 4.62. The van der Waals surface area contributed by atoms with Crippen LogP contribution in [0.1, 0.15) is 16.8 Å². The lowest BCUT2D eigenvalue weighted by Gasteiger charge is -2.15. The lowest BCUT2D eigenvalue weighted by molar-refractivity contribution is 0.460. The largest absolute Gasteiger partial charge is 0.505 e. The molecule has 0 radical (unpaired) electrons. The lowest BCUT2D eigenvalue weighted by atomic mass is 9.95. The van der Waals surface area contributed by atoms with Crippen LogP contribution in [0, 0.1) is 12.7 Å². The molecule has 6 nitrogen and oxygen atoms in total. The molecule has 0 saturated carbocycles. The Hall–Kier alpha value is -2.67. The van der Waals surface area contributed by atoms with E-state index in [0.29, 0.717) is 23.4 Å². The fourth-order valence-corrected chi connectivity index (χ4v) is 3.22. The van der Waals surface area contributed by atoms with Crippen molar-refractivity contribution in [1.82, 2.24) is 19.6 Å². The number of aromatic hydroxyl groups is 1. The number of aryl methyl sites for hydroxylation is 4. The number of hydrogen-bond acceptors (Lipinski definition) is 4. The molecule has 3 rings (SSSR count). The van der Waals surface area contributed by atoms with Gasteiger partial charge in [-0.25, -0.2) is 9.07 Å². The normalized spacial score (nSPS) is 11.1. The SMILES string of the molecule is Cc1nn(C)c(=O)c(-c2c(F)ccc(Cl)c2CCc2cnn(C)c2)c1O. The second-order valence-corrected chi connectivity index (χ2v) is 6.55. The highest BCUT2D eigenvalue weighted by atomic mass is 35.5. The Balaban J connectivity index is 2.17. The number of benzene rings is 1. The number of halogens is 2. The molecule has 2 aromatic heterocycles. The van der Waals surface area contributed by atoms with Gasteiger partial charge in [-0.15, -0.1) is 0 Å². The van der Waals surface area contributed by atoms with E-state index in [1.807, 2.05) is 13.2 Å². The monoisotopic (exact) mass is 376 g/mol. The Morgan fingerprint density at radius 2 is 1.96 bits per heavy atom. The van der Waals surface area contributed by atoms with Crippen molar-refractivity contribution in [2.45, 2.75) is 19.8 Å². The van der Waals surface area contributed by atoms with Crippen LogP contribution < -0.4 is 5.56 Å². The van der Waals surface area contributed by atoms with Crippen molar-refractivity contribution in [2.75, 3.05) is 0 Å². The predicted molar refractivity (Wildman–Crippen MR) is 96.9 cm³/mol. The van der Waals surface area contributed by atoms with Crippen LogP contribution in [0.2, 0.25) is 5.02 Å². The zero-order chi connectivity index (χ0) is 19.0. The maximum Gasteiger partial charge on any atom is 0.278 e. The van der Waals surface area contributed by atoms with E-state index < -0.39 is 11.4 Å². The molecule has 2 heterocycles. The average Bonchev–Trinajstić information content (AvgIpc) is 3.01. The van der Waals surface area contributed by atoms with Gasteiger partial charge in [0.05, 0.1) is 11.8 Å². The van der Waals surface area contributed by atoms with Gasteiger partial charge in [-0.2, -0.15) is 10.2 Å². The summed E-state index contributed by atoms with van der Waals surface area (Å²) >= 11 is 6.31. The molecule has 26 heavy (non-hydrogen) atoms. The summed E-state index contributed by atoms with van der Waals surface area (Å²) in [5.74, 6) is -0.953. The van der Waals surface area contributed by atoms with Crippen molar-refractivity contribution in [3.63, 3.8) is 0 Å². The molecule has 0 fully saturated rings. The van der Waals surface area contributed by atoms with E-state index in [4.69, 9.17) is 11.6 Å². The minimum Gasteiger partial charge on any atom is -0.505 e. The highest BCUT2D eigenvalue weighted by molar-refractivity contribution is 6.31. The van der Waals surface area contributed by atoms with Crippen molar-refractivity contribution < 1.29 is 9.50 Å². The van der Waals surface area contributed by atoms with Gasteiger partial charge in [0.2, 0.25) is 0 Å². The summed E-state index contributed by atoms with van der Waals surface area (Å²) in [4.78, 5) is 12.6. The third kappa shape index (κ3) is 3.22. The molecule has 0 atom stereocenters. The first-order valence-electron chi connectivity index (χ1n) is 8.01. The maximum atomic E-state index is 14.7. The van der Waals surface area contributed by atoms with Gasteiger partial charge in [0.25, 0.3) is 5.56 Å². The van der Waals surface area contributed by atoms with Crippen LogP contribution in [-0.2, 0) is 26.9 Å². The summed E-state index contributed by atoms with van der Waals surface area (Å²) in [7, 11) is 3.27. The summed E-state index contributed by atoms with van der Waals surface area (Å²) in [6.07, 6.45) is 4.54. The number of hydrogen-bond donors (Lipinski definition) is 1. The zero-order valence-electron chi connectivity index (χ0n) is 14.6. The van der Waals surface area contributed by atoms with E-state index >= 15 is 0 Å².